The Kier molecular flexibility index (Phi) is 1.88. The zero-order chi connectivity index (χ0) is 6.15. The standard InChI is InChI=1S/C5H8BrNS/c1-4-3-8-5(6)7(4)2/h3,5H,1-2H3. The first kappa shape index (κ1) is 6.49. The Bertz CT molecular complexity index is 124. The molecule has 1 aliphatic heterocycles. The Labute approximate surface area is 62.3 Å². The lowest BCUT2D eigenvalue weighted by Gasteiger charge is -2.16. The molecule has 0 aliphatic carbocycles. The van der Waals surface area contributed by atoms with Crippen molar-refractivity contribution in [3.8, 4) is 0 Å². The van der Waals surface area contributed by atoms with E-state index in [4.69, 9.17) is 0 Å². The summed E-state index contributed by atoms with van der Waals surface area (Å²) in [4.78, 5) is 2.19. The summed E-state index contributed by atoms with van der Waals surface area (Å²) in [6.45, 7) is 2.11. The fourth-order valence-electron chi connectivity index (χ4n) is 0.489. The summed E-state index contributed by atoms with van der Waals surface area (Å²) >= 11 is 5.27. The van der Waals surface area contributed by atoms with Crippen molar-refractivity contribution in [3.63, 3.8) is 0 Å². The molecule has 3 heteroatoms. The van der Waals surface area contributed by atoms with E-state index >= 15 is 0 Å². The quantitative estimate of drug-likeness (QED) is 0.429. The van der Waals surface area contributed by atoms with Crippen LogP contribution in [0.25, 0.3) is 0 Å². The molecule has 1 rings (SSSR count). The van der Waals surface area contributed by atoms with Crippen molar-refractivity contribution in [2.75, 3.05) is 7.05 Å². The van der Waals surface area contributed by atoms with Crippen molar-refractivity contribution in [1.82, 2.24) is 4.90 Å². The molecule has 0 aromatic heterocycles. The second-order valence-corrected chi connectivity index (χ2v) is 4.23. The van der Waals surface area contributed by atoms with Crippen LogP contribution >= 0.6 is 27.7 Å². The zero-order valence-electron chi connectivity index (χ0n) is 4.89. The lowest BCUT2D eigenvalue weighted by atomic mass is 10.5. The largest absolute Gasteiger partial charge is 0.356 e. The van der Waals surface area contributed by atoms with Crippen LogP contribution in [0.3, 0.4) is 0 Å². The van der Waals surface area contributed by atoms with Gasteiger partial charge in [-0.05, 0) is 12.3 Å². The first-order valence-corrected chi connectivity index (χ1v) is 4.27. The number of thioether (sulfide) groups is 1. The van der Waals surface area contributed by atoms with Gasteiger partial charge in [0, 0.05) is 12.7 Å². The summed E-state index contributed by atoms with van der Waals surface area (Å²) in [5, 5.41) is 2.15. The van der Waals surface area contributed by atoms with E-state index in [0.29, 0.717) is 4.28 Å². The third-order valence-corrected chi connectivity index (χ3v) is 3.49. The van der Waals surface area contributed by atoms with Gasteiger partial charge in [-0.1, -0.05) is 27.7 Å². The molecule has 0 radical (unpaired) electrons. The molecule has 1 aliphatic rings. The van der Waals surface area contributed by atoms with E-state index in [9.17, 15) is 0 Å². The van der Waals surface area contributed by atoms with E-state index in [2.05, 4.69) is 40.2 Å². The minimum Gasteiger partial charge on any atom is -0.356 e. The topological polar surface area (TPSA) is 3.24 Å². The highest BCUT2D eigenvalue weighted by Crippen LogP contribution is 2.32. The van der Waals surface area contributed by atoms with Gasteiger partial charge in [-0.15, -0.1) is 0 Å². The number of allylic oxidation sites excluding steroid dienone is 1. The molecular weight excluding hydrogens is 186 g/mol. The van der Waals surface area contributed by atoms with Crippen molar-refractivity contribution < 1.29 is 0 Å². The Morgan fingerprint density at radius 1 is 1.88 bits per heavy atom. The predicted octanol–water partition coefficient (Wildman–Crippen LogP) is 2.20. The van der Waals surface area contributed by atoms with Gasteiger partial charge in [0.1, 0.15) is 4.28 Å². The molecule has 0 saturated carbocycles. The average molecular weight is 194 g/mol. The van der Waals surface area contributed by atoms with Crippen LogP contribution < -0.4 is 0 Å². The molecule has 1 heterocycles. The van der Waals surface area contributed by atoms with Crippen LogP contribution in [0.4, 0.5) is 0 Å². The number of hydrogen-bond donors (Lipinski definition) is 0. The van der Waals surface area contributed by atoms with Gasteiger partial charge in [0.05, 0.1) is 0 Å². The molecule has 0 spiro atoms. The molecule has 1 atom stereocenters. The van der Waals surface area contributed by atoms with Gasteiger partial charge in [-0.25, -0.2) is 0 Å². The van der Waals surface area contributed by atoms with E-state index < -0.39 is 0 Å². The van der Waals surface area contributed by atoms with Crippen LogP contribution in [0.1, 0.15) is 6.92 Å². The van der Waals surface area contributed by atoms with Crippen molar-refractivity contribution >= 4 is 27.7 Å². The van der Waals surface area contributed by atoms with Crippen LogP contribution in [0.5, 0.6) is 0 Å². The van der Waals surface area contributed by atoms with Gasteiger partial charge >= 0.3 is 0 Å². The first-order chi connectivity index (χ1) is 3.72. The maximum absolute atomic E-state index is 3.48. The number of hydrogen-bond acceptors (Lipinski definition) is 2. The van der Waals surface area contributed by atoms with Gasteiger partial charge in [0.15, 0.2) is 0 Å². The van der Waals surface area contributed by atoms with Crippen LogP contribution in [0.15, 0.2) is 11.1 Å². The maximum Gasteiger partial charge on any atom is 0.135 e. The molecule has 0 aromatic rings. The predicted molar refractivity (Wildman–Crippen MR) is 41.8 cm³/mol. The molecule has 0 fully saturated rings. The minimum absolute atomic E-state index is 0.461. The fraction of sp³-hybridized carbons (Fsp3) is 0.600. The molecule has 0 bridgehead atoms. The minimum atomic E-state index is 0.461. The molecule has 8 heavy (non-hydrogen) atoms. The van der Waals surface area contributed by atoms with Crippen LogP contribution in [-0.4, -0.2) is 16.2 Å². The second-order valence-electron chi connectivity index (χ2n) is 1.80. The van der Waals surface area contributed by atoms with Gasteiger partial charge in [-0.3, -0.25) is 0 Å². The van der Waals surface area contributed by atoms with Crippen LogP contribution in [0, 0.1) is 0 Å². The molecule has 46 valence electrons. The van der Waals surface area contributed by atoms with Crippen molar-refractivity contribution in [3.05, 3.63) is 11.1 Å². The van der Waals surface area contributed by atoms with Gasteiger partial charge in [0.25, 0.3) is 0 Å². The Hall–Kier alpha value is 0.370. The summed E-state index contributed by atoms with van der Waals surface area (Å²) in [5.41, 5.74) is 1.33. The molecule has 0 amide bonds. The van der Waals surface area contributed by atoms with Gasteiger partial charge in [0.2, 0.25) is 0 Å². The van der Waals surface area contributed by atoms with E-state index in [0.717, 1.165) is 0 Å². The second kappa shape index (κ2) is 2.31. The average Bonchev–Trinajstić information content (AvgIpc) is 1.98. The highest BCUT2D eigenvalue weighted by Gasteiger charge is 2.15. The SMILES string of the molecule is CC1=CSC(Br)N1C. The molecule has 0 N–H and O–H groups in total. The van der Waals surface area contributed by atoms with E-state index in [1.165, 1.54) is 5.70 Å². The molecule has 1 nitrogen and oxygen atoms in total. The van der Waals surface area contributed by atoms with E-state index in [1.54, 1.807) is 11.8 Å². The maximum atomic E-state index is 3.48. The number of halogens is 1. The molecule has 1 unspecified atom stereocenters. The van der Waals surface area contributed by atoms with Crippen molar-refractivity contribution in [2.24, 2.45) is 0 Å². The molecule has 0 saturated heterocycles. The van der Waals surface area contributed by atoms with E-state index in [-0.39, 0.29) is 0 Å². The molecular formula is C5H8BrNS. The third kappa shape index (κ3) is 1.03. The van der Waals surface area contributed by atoms with Crippen LogP contribution in [-0.2, 0) is 0 Å². The van der Waals surface area contributed by atoms with Gasteiger partial charge in [-0.2, -0.15) is 0 Å². The monoisotopic (exact) mass is 193 g/mol. The lowest BCUT2D eigenvalue weighted by molar-refractivity contribution is 0.485. The smallest absolute Gasteiger partial charge is 0.135 e. The Balaban J connectivity index is 2.59. The van der Waals surface area contributed by atoms with Crippen LogP contribution in [0.2, 0.25) is 0 Å². The lowest BCUT2D eigenvalue weighted by Crippen LogP contribution is -2.16. The number of nitrogens with zero attached hydrogens (tertiary/aromatic N) is 1. The van der Waals surface area contributed by atoms with Gasteiger partial charge < -0.3 is 4.90 Å². The van der Waals surface area contributed by atoms with Crippen molar-refractivity contribution in [2.45, 2.75) is 11.2 Å². The normalized spacial score (nSPS) is 28.6. The highest BCUT2D eigenvalue weighted by molar-refractivity contribution is 9.11. The number of alkyl halides is 1. The third-order valence-electron chi connectivity index (χ3n) is 1.21. The summed E-state index contributed by atoms with van der Waals surface area (Å²) in [5.74, 6) is 0. The zero-order valence-corrected chi connectivity index (χ0v) is 7.29. The highest BCUT2D eigenvalue weighted by atomic mass is 79.9. The Morgan fingerprint density at radius 3 is 2.62 bits per heavy atom. The Morgan fingerprint density at radius 2 is 2.50 bits per heavy atom. The first-order valence-electron chi connectivity index (χ1n) is 2.41. The van der Waals surface area contributed by atoms with E-state index in [1.807, 2.05) is 0 Å². The number of rotatable bonds is 0. The summed E-state index contributed by atoms with van der Waals surface area (Å²) in [6, 6.07) is 0. The summed E-state index contributed by atoms with van der Waals surface area (Å²) < 4.78 is 0.461. The summed E-state index contributed by atoms with van der Waals surface area (Å²) in [6.07, 6.45) is 0. The summed E-state index contributed by atoms with van der Waals surface area (Å²) in [7, 11) is 2.07. The molecule has 0 aromatic carbocycles. The van der Waals surface area contributed by atoms with Crippen molar-refractivity contribution in [1.29, 1.82) is 0 Å². The fourth-order valence-corrected chi connectivity index (χ4v) is 1.96.